The Labute approximate surface area is 145 Å². The number of nitrogens with zero attached hydrogens (tertiary/aromatic N) is 1. The summed E-state index contributed by atoms with van der Waals surface area (Å²) in [7, 11) is 0. The number of aromatic nitrogens is 1. The first-order valence-electron chi connectivity index (χ1n) is 7.86. The van der Waals surface area contributed by atoms with Crippen molar-refractivity contribution in [1.82, 2.24) is 10.3 Å². The summed E-state index contributed by atoms with van der Waals surface area (Å²) in [5.41, 5.74) is 2.03. The van der Waals surface area contributed by atoms with Crippen molar-refractivity contribution in [2.75, 3.05) is 0 Å². The minimum absolute atomic E-state index is 0.172. The topological polar surface area (TPSA) is 62.2 Å². The molecule has 0 spiro atoms. The number of carbonyl (C=O) groups excluding carboxylic acids is 1. The summed E-state index contributed by atoms with van der Waals surface area (Å²) in [5.74, 6) is -0.463. The van der Waals surface area contributed by atoms with Gasteiger partial charge in [0.05, 0.1) is 11.6 Å². The van der Waals surface area contributed by atoms with E-state index in [2.05, 4.69) is 10.3 Å². The average molecular weight is 336 g/mol. The number of amides is 1. The molecule has 0 bridgehead atoms. The molecule has 2 aromatic carbocycles. The van der Waals surface area contributed by atoms with Gasteiger partial charge in [0.15, 0.2) is 0 Å². The third-order valence-corrected chi connectivity index (χ3v) is 3.86. The lowest BCUT2D eigenvalue weighted by molar-refractivity contribution is 0.0936. The number of rotatable bonds is 5. The highest BCUT2D eigenvalue weighted by atomic mass is 19.1. The predicted octanol–water partition coefficient (Wildman–Crippen LogP) is 3.64. The Morgan fingerprint density at radius 2 is 1.92 bits per heavy atom. The lowest BCUT2D eigenvalue weighted by Gasteiger charge is -2.20. The van der Waals surface area contributed by atoms with Gasteiger partial charge >= 0.3 is 0 Å². The molecule has 3 aromatic rings. The summed E-state index contributed by atoms with van der Waals surface area (Å²) < 4.78 is 13.6. The molecule has 0 aliphatic carbocycles. The standard InChI is InChI=1S/C20H17FN2O2/c21-17-5-1-3-15(12-17)19(11-14-6-8-18(24)9-7-14)23-20(25)16-4-2-10-22-13-16/h1-10,12-13,19,24H,11H2,(H,23,25). The van der Waals surface area contributed by atoms with Crippen molar-refractivity contribution >= 4 is 5.91 Å². The minimum Gasteiger partial charge on any atom is -0.508 e. The summed E-state index contributed by atoms with van der Waals surface area (Å²) in [6, 6.07) is 15.8. The molecule has 1 atom stereocenters. The maximum absolute atomic E-state index is 13.6. The van der Waals surface area contributed by atoms with Crippen LogP contribution in [0.5, 0.6) is 5.75 Å². The summed E-state index contributed by atoms with van der Waals surface area (Å²) in [5, 5.41) is 12.3. The van der Waals surface area contributed by atoms with Crippen LogP contribution in [-0.2, 0) is 6.42 Å². The van der Waals surface area contributed by atoms with E-state index in [-0.39, 0.29) is 17.5 Å². The number of benzene rings is 2. The number of aromatic hydroxyl groups is 1. The average Bonchev–Trinajstić information content (AvgIpc) is 2.63. The second-order valence-electron chi connectivity index (χ2n) is 5.69. The van der Waals surface area contributed by atoms with E-state index in [0.717, 1.165) is 5.56 Å². The van der Waals surface area contributed by atoms with Gasteiger partial charge in [0, 0.05) is 12.4 Å². The molecule has 0 fully saturated rings. The lowest BCUT2D eigenvalue weighted by atomic mass is 9.98. The van der Waals surface area contributed by atoms with Gasteiger partial charge < -0.3 is 10.4 Å². The third kappa shape index (κ3) is 4.41. The Balaban J connectivity index is 1.86. The summed E-state index contributed by atoms with van der Waals surface area (Å²) >= 11 is 0. The normalized spacial score (nSPS) is 11.7. The van der Waals surface area contributed by atoms with Crippen molar-refractivity contribution in [1.29, 1.82) is 0 Å². The number of carbonyl (C=O) groups is 1. The number of phenols is 1. The molecule has 126 valence electrons. The van der Waals surface area contributed by atoms with Gasteiger partial charge in [0.2, 0.25) is 0 Å². The maximum atomic E-state index is 13.6. The molecule has 0 aliphatic rings. The Kier molecular flexibility index (Phi) is 5.04. The second-order valence-corrected chi connectivity index (χ2v) is 5.69. The van der Waals surface area contributed by atoms with Crippen LogP contribution >= 0.6 is 0 Å². The first-order chi connectivity index (χ1) is 12.1. The lowest BCUT2D eigenvalue weighted by Crippen LogP contribution is -2.30. The van der Waals surface area contributed by atoms with Crippen molar-refractivity contribution < 1.29 is 14.3 Å². The fourth-order valence-electron chi connectivity index (χ4n) is 2.58. The molecule has 1 unspecified atom stereocenters. The first-order valence-corrected chi connectivity index (χ1v) is 7.86. The molecule has 1 heterocycles. The van der Waals surface area contributed by atoms with Gasteiger partial charge in [-0.05, 0) is 53.9 Å². The van der Waals surface area contributed by atoms with Crippen LogP contribution in [0.1, 0.15) is 27.5 Å². The van der Waals surface area contributed by atoms with E-state index in [9.17, 15) is 14.3 Å². The molecular formula is C20H17FN2O2. The molecular weight excluding hydrogens is 319 g/mol. The number of hydrogen-bond acceptors (Lipinski definition) is 3. The van der Waals surface area contributed by atoms with Crippen LogP contribution in [0.3, 0.4) is 0 Å². The van der Waals surface area contributed by atoms with Gasteiger partial charge in [0.25, 0.3) is 5.91 Å². The van der Waals surface area contributed by atoms with Gasteiger partial charge in [-0.2, -0.15) is 0 Å². The fraction of sp³-hybridized carbons (Fsp3) is 0.100. The van der Waals surface area contributed by atoms with Crippen LogP contribution < -0.4 is 5.32 Å². The monoisotopic (exact) mass is 336 g/mol. The number of halogens is 1. The van der Waals surface area contributed by atoms with Gasteiger partial charge in [0.1, 0.15) is 11.6 Å². The molecule has 3 rings (SSSR count). The number of pyridine rings is 1. The van der Waals surface area contributed by atoms with Crippen LogP contribution in [0.2, 0.25) is 0 Å². The van der Waals surface area contributed by atoms with Crippen LogP contribution in [0, 0.1) is 5.82 Å². The summed E-state index contributed by atoms with van der Waals surface area (Å²) in [4.78, 5) is 16.4. The molecule has 0 radical (unpaired) electrons. The Bertz CT molecular complexity index is 851. The molecule has 0 saturated heterocycles. The smallest absolute Gasteiger partial charge is 0.253 e. The highest BCUT2D eigenvalue weighted by Crippen LogP contribution is 2.21. The largest absolute Gasteiger partial charge is 0.508 e. The maximum Gasteiger partial charge on any atom is 0.253 e. The van der Waals surface area contributed by atoms with Crippen LogP contribution in [0.4, 0.5) is 4.39 Å². The molecule has 2 N–H and O–H groups in total. The van der Waals surface area contributed by atoms with E-state index in [0.29, 0.717) is 17.5 Å². The van der Waals surface area contributed by atoms with Crippen molar-refractivity contribution in [2.45, 2.75) is 12.5 Å². The molecule has 0 saturated carbocycles. The SMILES string of the molecule is O=C(NC(Cc1ccc(O)cc1)c1cccc(F)c1)c1cccnc1. The van der Waals surface area contributed by atoms with Gasteiger partial charge in [-0.3, -0.25) is 9.78 Å². The zero-order valence-corrected chi connectivity index (χ0v) is 13.4. The zero-order valence-electron chi connectivity index (χ0n) is 13.4. The van der Waals surface area contributed by atoms with E-state index in [4.69, 9.17) is 0 Å². The van der Waals surface area contributed by atoms with E-state index in [1.807, 2.05) is 0 Å². The zero-order chi connectivity index (χ0) is 17.6. The highest BCUT2D eigenvalue weighted by molar-refractivity contribution is 5.94. The molecule has 0 aliphatic heterocycles. The van der Waals surface area contributed by atoms with Gasteiger partial charge in [-0.25, -0.2) is 4.39 Å². The third-order valence-electron chi connectivity index (χ3n) is 3.86. The van der Waals surface area contributed by atoms with E-state index < -0.39 is 6.04 Å². The van der Waals surface area contributed by atoms with Crippen molar-refractivity contribution in [3.63, 3.8) is 0 Å². The molecule has 1 aromatic heterocycles. The molecule has 5 heteroatoms. The predicted molar refractivity (Wildman–Crippen MR) is 92.7 cm³/mol. The Morgan fingerprint density at radius 1 is 1.12 bits per heavy atom. The van der Waals surface area contributed by atoms with Crippen molar-refractivity contribution in [3.05, 3.63) is 95.6 Å². The second kappa shape index (κ2) is 7.57. The number of hydrogen-bond donors (Lipinski definition) is 2. The van der Waals surface area contributed by atoms with E-state index in [1.54, 1.807) is 54.7 Å². The number of nitrogens with one attached hydrogen (secondary N) is 1. The summed E-state index contributed by atoms with van der Waals surface area (Å²) in [6.45, 7) is 0. The van der Waals surface area contributed by atoms with Gasteiger partial charge in [-0.15, -0.1) is 0 Å². The van der Waals surface area contributed by atoms with Crippen LogP contribution in [-0.4, -0.2) is 16.0 Å². The van der Waals surface area contributed by atoms with E-state index >= 15 is 0 Å². The number of phenolic OH excluding ortho intramolecular Hbond substituents is 1. The molecule has 25 heavy (non-hydrogen) atoms. The molecule has 1 amide bonds. The fourth-order valence-corrected chi connectivity index (χ4v) is 2.58. The quantitative estimate of drug-likeness (QED) is 0.748. The van der Waals surface area contributed by atoms with Crippen LogP contribution in [0.15, 0.2) is 73.1 Å². The Morgan fingerprint density at radius 3 is 2.60 bits per heavy atom. The van der Waals surface area contributed by atoms with Gasteiger partial charge in [-0.1, -0.05) is 24.3 Å². The summed E-state index contributed by atoms with van der Waals surface area (Å²) in [6.07, 6.45) is 3.55. The highest BCUT2D eigenvalue weighted by Gasteiger charge is 2.17. The van der Waals surface area contributed by atoms with Crippen molar-refractivity contribution in [2.24, 2.45) is 0 Å². The van der Waals surface area contributed by atoms with Crippen LogP contribution in [0.25, 0.3) is 0 Å². The Hall–Kier alpha value is -3.21. The van der Waals surface area contributed by atoms with Crippen molar-refractivity contribution in [3.8, 4) is 5.75 Å². The first kappa shape index (κ1) is 16.6. The minimum atomic E-state index is -0.409. The molecule has 4 nitrogen and oxygen atoms in total. The van der Waals surface area contributed by atoms with E-state index in [1.165, 1.54) is 18.3 Å².